The minimum absolute atomic E-state index is 0. The van der Waals surface area contributed by atoms with E-state index in [4.69, 9.17) is 19.2 Å². The molecule has 0 aromatic rings. The first-order valence-corrected chi connectivity index (χ1v) is 2.68. The molecule has 0 fully saturated rings. The molecule has 0 bridgehead atoms. The average molecular weight is 527 g/mol. The zero-order chi connectivity index (χ0) is 4.50. The summed E-state index contributed by atoms with van der Waals surface area (Å²) < 4.78 is 0. The summed E-state index contributed by atoms with van der Waals surface area (Å²) in [7, 11) is -4.61. The first-order valence-electron chi connectivity index (χ1n) is 0.894. The monoisotopic (exact) mass is 529 g/mol. The van der Waals surface area contributed by atoms with E-state index in [1.54, 1.807) is 0 Å². The summed E-state index contributed by atoms with van der Waals surface area (Å²) in [6.45, 7) is 0. The summed E-state index contributed by atoms with van der Waals surface area (Å²) in [6.07, 6.45) is 0. The Morgan fingerprint density at radius 3 is 0.889 bits per heavy atom. The normalized spacial score (nSPS) is 6.67. The Hall–Kier alpha value is 5.16. The quantitative estimate of drug-likeness (QED) is 0.240. The molecule has 0 aromatic carbocycles. The fourth-order valence-electron chi connectivity index (χ4n) is 0. The molecule has 0 unspecified atom stereocenters. The summed E-state index contributed by atoms with van der Waals surface area (Å²) in [5.74, 6) is 0. The van der Waals surface area contributed by atoms with Crippen molar-refractivity contribution in [3.63, 3.8) is 0 Å². The van der Waals surface area contributed by atoms with Gasteiger partial charge in [0.15, 0.2) is 0 Å². The van der Waals surface area contributed by atoms with Crippen LogP contribution < -0.4 is 0 Å². The van der Waals surface area contributed by atoms with Crippen molar-refractivity contribution in [3.05, 3.63) is 0 Å². The van der Waals surface area contributed by atoms with Crippen LogP contribution in [0.4, 0.5) is 0 Å². The third kappa shape index (κ3) is 61.6. The van der Waals surface area contributed by atoms with Gasteiger partial charge in [-0.3, -0.25) is 0 Å². The number of hydrogen-bond donors (Lipinski definition) is 4. The van der Waals surface area contributed by atoms with Gasteiger partial charge in [0.2, 0.25) is 0 Å². The van der Waals surface area contributed by atoms with Crippen LogP contribution in [0.3, 0.4) is 0 Å². The van der Waals surface area contributed by atoms with Gasteiger partial charge in [0.25, 0.3) is 0 Å². The first kappa shape index (κ1) is 29.2. The summed E-state index contributed by atoms with van der Waals surface area (Å²) in [5.41, 5.74) is 0. The molecule has 0 atom stereocenters. The van der Waals surface area contributed by atoms with E-state index in [-0.39, 0.29) is 156 Å². The molecule has 0 spiro atoms. The molecule has 0 aromatic heterocycles. The second-order valence-electron chi connectivity index (χ2n) is 0.600. The Balaban J connectivity index is -0.0000000133. The van der Waals surface area contributed by atoms with Crippen LogP contribution in [-0.4, -0.2) is 96.8 Å². The number of rotatable bonds is 0. The molecule has 0 saturated carbocycles. The Labute approximate surface area is 179 Å². The van der Waals surface area contributed by atoms with Crippen LogP contribution in [0.5, 0.6) is 0 Å². The van der Waals surface area contributed by atoms with E-state index in [0.717, 1.165) is 0 Å². The van der Waals surface area contributed by atoms with E-state index in [9.17, 15) is 0 Å². The van der Waals surface area contributed by atoms with Crippen LogP contribution in [0.2, 0.25) is 0 Å². The van der Waals surface area contributed by atoms with Gasteiger partial charge in [-0.05, 0) is 0 Å². The molecule has 0 rings (SSSR count). The number of hydrogen-bond acceptors (Lipinski definition) is 4. The Bertz CT molecular complexity index is 36.0. The Morgan fingerprint density at radius 1 is 0.889 bits per heavy atom. The van der Waals surface area contributed by atoms with Gasteiger partial charge < -0.3 is 19.2 Å². The maximum atomic E-state index is 7.33. The molecule has 0 aliphatic heterocycles. The molecule has 0 saturated heterocycles. The van der Waals surface area contributed by atoms with E-state index in [0.29, 0.717) is 0 Å². The molecule has 9 heavy (non-hydrogen) atoms. The predicted molar refractivity (Wildman–Crippen MR) is 31.7 cm³/mol. The van der Waals surface area contributed by atoms with Gasteiger partial charge >= 0.3 is 77.6 Å². The van der Waals surface area contributed by atoms with Crippen molar-refractivity contribution in [2.45, 2.75) is 0 Å². The molecule has 0 aliphatic carbocycles. The summed E-state index contributed by atoms with van der Waals surface area (Å²) in [4.78, 5) is 29.3. The SMILES string of the molecule is O[Si](O)(O)O.[Dy].[Eu].[MgH2].[SrH2]. The van der Waals surface area contributed by atoms with E-state index in [1.807, 2.05) is 0 Å². The third-order valence-electron chi connectivity index (χ3n) is 0. The van der Waals surface area contributed by atoms with Crippen LogP contribution >= 0.6 is 0 Å². The molecule has 4 nitrogen and oxygen atoms in total. The van der Waals surface area contributed by atoms with Gasteiger partial charge in [0.1, 0.15) is 0 Å². The van der Waals surface area contributed by atoms with Gasteiger partial charge in [-0.15, -0.1) is 0 Å². The molecule has 0 heterocycles. The van der Waals surface area contributed by atoms with Crippen molar-refractivity contribution in [1.82, 2.24) is 0 Å². The topological polar surface area (TPSA) is 80.9 Å². The van der Waals surface area contributed by atoms with Crippen molar-refractivity contribution < 1.29 is 107 Å². The van der Waals surface area contributed by atoms with Crippen molar-refractivity contribution in [2.24, 2.45) is 0 Å². The van der Waals surface area contributed by atoms with Gasteiger partial charge in [-0.1, -0.05) is 0 Å². The second-order valence-corrected chi connectivity index (χ2v) is 1.80. The Morgan fingerprint density at radius 2 is 0.889 bits per heavy atom. The molecule has 0 aliphatic rings. The van der Waals surface area contributed by atoms with E-state index in [2.05, 4.69) is 0 Å². The standard InChI is InChI=1S/Dy.Eu.Mg.H4O4Si.Sr.4H/c;;;1-5(2,3)4;;;;;/h;;;1-4H;;;;;. The summed E-state index contributed by atoms with van der Waals surface area (Å²) in [5, 5.41) is 0. The van der Waals surface area contributed by atoms with E-state index in [1.165, 1.54) is 0 Å². The maximum absolute atomic E-state index is 7.33. The summed E-state index contributed by atoms with van der Waals surface area (Å²) in [6, 6.07) is 0. The van der Waals surface area contributed by atoms with E-state index >= 15 is 0 Å². The first-order chi connectivity index (χ1) is 2.00. The second kappa shape index (κ2) is 15.6. The zero-order valence-corrected chi connectivity index (χ0v) is 8.44. The molecule has 0 amide bonds. The van der Waals surface area contributed by atoms with Crippen LogP contribution in [0.15, 0.2) is 0 Å². The fourth-order valence-corrected chi connectivity index (χ4v) is 0. The molecular formula is H8DyEuMgO4SiSr. The average Bonchev–Trinajstić information content (AvgIpc) is 0.722. The molecular weight excluding hydrogens is 518 g/mol. The summed E-state index contributed by atoms with van der Waals surface area (Å²) >= 11 is 0. The molecule has 1 radical (unpaired) electrons. The predicted octanol–water partition coefficient (Wildman–Crippen LogP) is -4.44. The van der Waals surface area contributed by atoms with Crippen LogP contribution in [0.25, 0.3) is 0 Å². The third-order valence-corrected chi connectivity index (χ3v) is 0. The van der Waals surface area contributed by atoms with Crippen molar-refractivity contribution >= 4 is 77.6 Å². The van der Waals surface area contributed by atoms with Crippen molar-refractivity contribution in [1.29, 1.82) is 0 Å². The van der Waals surface area contributed by atoms with Crippen molar-refractivity contribution in [2.75, 3.05) is 0 Å². The van der Waals surface area contributed by atoms with Crippen LogP contribution in [-0.2, 0) is 0 Å². The van der Waals surface area contributed by atoms with Crippen molar-refractivity contribution in [3.8, 4) is 0 Å². The van der Waals surface area contributed by atoms with Crippen LogP contribution in [0.1, 0.15) is 0 Å². The van der Waals surface area contributed by atoms with E-state index < -0.39 is 9.05 Å². The Kier molecular flexibility index (Phi) is 50.7. The molecule has 9 heteroatoms. The van der Waals surface area contributed by atoms with Crippen LogP contribution in [0, 0.1) is 87.6 Å². The van der Waals surface area contributed by atoms with Gasteiger partial charge in [-0.25, -0.2) is 0 Å². The minimum atomic E-state index is -4.61. The van der Waals surface area contributed by atoms with Gasteiger partial charge in [0, 0.05) is 87.6 Å². The zero-order valence-electron chi connectivity index (χ0n) is 2.98. The van der Waals surface area contributed by atoms with Gasteiger partial charge in [0.05, 0.1) is 0 Å². The molecule has 57 valence electrons. The fraction of sp³-hybridized carbons (Fsp3) is 0. The molecule has 4 N–H and O–H groups in total. The van der Waals surface area contributed by atoms with Gasteiger partial charge in [-0.2, -0.15) is 0 Å².